The van der Waals surface area contributed by atoms with Gasteiger partial charge in [0, 0.05) is 6.42 Å². The SMILES string of the molecule is N[C@H](Cc1ccccc1)C(=O)N[C@H](CCC(=O)O)C(=O)O. The van der Waals surface area contributed by atoms with Gasteiger partial charge in [-0.25, -0.2) is 4.79 Å². The summed E-state index contributed by atoms with van der Waals surface area (Å²) in [5, 5.41) is 19.8. The van der Waals surface area contributed by atoms with Gasteiger partial charge in [-0.05, 0) is 18.4 Å². The third-order valence-corrected chi connectivity index (χ3v) is 2.90. The summed E-state index contributed by atoms with van der Waals surface area (Å²) >= 11 is 0. The Bertz CT molecular complexity index is 503. The monoisotopic (exact) mass is 294 g/mol. The Morgan fingerprint density at radius 1 is 1.14 bits per heavy atom. The highest BCUT2D eigenvalue weighted by molar-refractivity contribution is 5.87. The largest absolute Gasteiger partial charge is 0.481 e. The first-order valence-corrected chi connectivity index (χ1v) is 6.44. The minimum atomic E-state index is -1.28. The zero-order valence-corrected chi connectivity index (χ0v) is 11.4. The molecular formula is C14H18N2O5. The highest BCUT2D eigenvalue weighted by Gasteiger charge is 2.23. The van der Waals surface area contributed by atoms with Crippen LogP contribution < -0.4 is 11.1 Å². The Labute approximate surface area is 121 Å². The molecule has 0 saturated carbocycles. The second kappa shape index (κ2) is 8.01. The van der Waals surface area contributed by atoms with Gasteiger partial charge in [-0.2, -0.15) is 0 Å². The van der Waals surface area contributed by atoms with Crippen molar-refractivity contribution in [2.45, 2.75) is 31.3 Å². The van der Waals surface area contributed by atoms with Crippen molar-refractivity contribution in [2.24, 2.45) is 5.73 Å². The van der Waals surface area contributed by atoms with Crippen LogP contribution in [0.4, 0.5) is 0 Å². The zero-order chi connectivity index (χ0) is 15.8. The van der Waals surface area contributed by atoms with Crippen LogP contribution in [0.5, 0.6) is 0 Å². The van der Waals surface area contributed by atoms with Gasteiger partial charge in [0.15, 0.2) is 0 Å². The van der Waals surface area contributed by atoms with Crippen LogP contribution in [-0.4, -0.2) is 40.1 Å². The van der Waals surface area contributed by atoms with E-state index in [1.165, 1.54) is 0 Å². The van der Waals surface area contributed by atoms with E-state index < -0.39 is 29.9 Å². The highest BCUT2D eigenvalue weighted by atomic mass is 16.4. The van der Waals surface area contributed by atoms with Gasteiger partial charge in [0.1, 0.15) is 6.04 Å². The predicted molar refractivity (Wildman–Crippen MR) is 74.6 cm³/mol. The number of carboxylic acids is 2. The lowest BCUT2D eigenvalue weighted by Crippen LogP contribution is -2.49. The summed E-state index contributed by atoms with van der Waals surface area (Å²) in [6, 6.07) is 6.94. The summed E-state index contributed by atoms with van der Waals surface area (Å²) in [7, 11) is 0. The van der Waals surface area contributed by atoms with Crippen LogP contribution in [0.15, 0.2) is 30.3 Å². The fourth-order valence-corrected chi connectivity index (χ4v) is 1.76. The van der Waals surface area contributed by atoms with Crippen LogP contribution in [0.3, 0.4) is 0 Å². The molecule has 1 aromatic carbocycles. The van der Waals surface area contributed by atoms with E-state index in [2.05, 4.69) is 5.32 Å². The van der Waals surface area contributed by atoms with Crippen molar-refractivity contribution >= 4 is 17.8 Å². The number of carbonyl (C=O) groups is 3. The summed E-state index contributed by atoms with van der Waals surface area (Å²) in [5.74, 6) is -3.02. The van der Waals surface area contributed by atoms with Gasteiger partial charge in [-0.15, -0.1) is 0 Å². The Balaban J connectivity index is 2.56. The molecule has 1 amide bonds. The van der Waals surface area contributed by atoms with Gasteiger partial charge in [-0.1, -0.05) is 30.3 Å². The maximum absolute atomic E-state index is 11.9. The number of benzene rings is 1. The van der Waals surface area contributed by atoms with Crippen LogP contribution in [0.1, 0.15) is 18.4 Å². The van der Waals surface area contributed by atoms with Gasteiger partial charge < -0.3 is 21.3 Å². The molecule has 1 aromatic rings. The topological polar surface area (TPSA) is 130 Å². The molecule has 0 radical (unpaired) electrons. The third kappa shape index (κ3) is 6.05. The Hall–Kier alpha value is -2.41. The number of nitrogens with one attached hydrogen (secondary N) is 1. The summed E-state index contributed by atoms with van der Waals surface area (Å²) < 4.78 is 0. The van der Waals surface area contributed by atoms with Crippen molar-refractivity contribution in [1.82, 2.24) is 5.32 Å². The normalized spacial score (nSPS) is 13.2. The van der Waals surface area contributed by atoms with E-state index in [1.807, 2.05) is 30.3 Å². The van der Waals surface area contributed by atoms with E-state index >= 15 is 0 Å². The standard InChI is InChI=1S/C14H18N2O5/c15-10(8-9-4-2-1-3-5-9)13(19)16-11(14(20)21)6-7-12(17)18/h1-5,10-11H,6-8,15H2,(H,16,19)(H,17,18)(H,20,21)/t10-,11-/m1/s1. The second-order valence-electron chi connectivity index (χ2n) is 4.63. The van der Waals surface area contributed by atoms with Gasteiger partial charge in [-0.3, -0.25) is 9.59 Å². The lowest BCUT2D eigenvalue weighted by atomic mass is 10.1. The van der Waals surface area contributed by atoms with Gasteiger partial charge >= 0.3 is 11.9 Å². The zero-order valence-electron chi connectivity index (χ0n) is 11.4. The van der Waals surface area contributed by atoms with Crippen LogP contribution in [0, 0.1) is 0 Å². The molecule has 0 unspecified atom stereocenters. The van der Waals surface area contributed by atoms with Crippen molar-refractivity contribution in [3.8, 4) is 0 Å². The summed E-state index contributed by atoms with van der Waals surface area (Å²) in [6.07, 6.45) is -0.252. The fraction of sp³-hybridized carbons (Fsp3) is 0.357. The Morgan fingerprint density at radius 3 is 2.29 bits per heavy atom. The minimum absolute atomic E-state index is 0.186. The quantitative estimate of drug-likeness (QED) is 0.533. The summed E-state index contributed by atoms with van der Waals surface area (Å²) in [4.78, 5) is 33.3. The average molecular weight is 294 g/mol. The molecule has 5 N–H and O–H groups in total. The maximum atomic E-state index is 11.9. The first-order valence-electron chi connectivity index (χ1n) is 6.44. The molecule has 0 bridgehead atoms. The number of carboxylic acid groups (broad SMARTS) is 2. The molecule has 0 saturated heterocycles. The van der Waals surface area contributed by atoms with Crippen molar-refractivity contribution in [3.63, 3.8) is 0 Å². The lowest BCUT2D eigenvalue weighted by Gasteiger charge is -2.17. The maximum Gasteiger partial charge on any atom is 0.326 e. The average Bonchev–Trinajstić information content (AvgIpc) is 2.43. The number of rotatable bonds is 8. The number of hydrogen-bond acceptors (Lipinski definition) is 4. The van der Waals surface area contributed by atoms with Crippen molar-refractivity contribution in [2.75, 3.05) is 0 Å². The molecule has 1 rings (SSSR count). The molecule has 0 aliphatic rings. The molecule has 0 spiro atoms. The first-order chi connectivity index (χ1) is 9.90. The fourth-order valence-electron chi connectivity index (χ4n) is 1.76. The van der Waals surface area contributed by atoms with Crippen molar-refractivity contribution in [1.29, 1.82) is 0 Å². The van der Waals surface area contributed by atoms with E-state index in [4.69, 9.17) is 15.9 Å². The third-order valence-electron chi connectivity index (χ3n) is 2.90. The summed E-state index contributed by atoms with van der Waals surface area (Å²) in [5.41, 5.74) is 6.59. The molecule has 0 aliphatic heterocycles. The van der Waals surface area contributed by atoms with Gasteiger partial charge in [0.25, 0.3) is 0 Å². The highest BCUT2D eigenvalue weighted by Crippen LogP contribution is 2.03. The van der Waals surface area contributed by atoms with E-state index in [0.717, 1.165) is 5.56 Å². The van der Waals surface area contributed by atoms with Crippen LogP contribution >= 0.6 is 0 Å². The molecule has 0 fully saturated rings. The van der Waals surface area contributed by atoms with E-state index in [0.29, 0.717) is 0 Å². The summed E-state index contributed by atoms with van der Waals surface area (Å²) in [6.45, 7) is 0. The second-order valence-corrected chi connectivity index (χ2v) is 4.63. The molecular weight excluding hydrogens is 276 g/mol. The predicted octanol–water partition coefficient (Wildman–Crippen LogP) is -0.00940. The Morgan fingerprint density at radius 2 is 1.76 bits per heavy atom. The van der Waals surface area contributed by atoms with Gasteiger partial charge in [0.05, 0.1) is 6.04 Å². The molecule has 114 valence electrons. The van der Waals surface area contributed by atoms with Crippen molar-refractivity contribution < 1.29 is 24.6 Å². The molecule has 7 nitrogen and oxygen atoms in total. The van der Waals surface area contributed by atoms with E-state index in [1.54, 1.807) is 0 Å². The number of nitrogens with two attached hydrogens (primary N) is 1. The number of amides is 1. The molecule has 0 aromatic heterocycles. The molecule has 0 aliphatic carbocycles. The first kappa shape index (κ1) is 16.6. The lowest BCUT2D eigenvalue weighted by molar-refractivity contribution is -0.143. The smallest absolute Gasteiger partial charge is 0.326 e. The molecule has 7 heteroatoms. The minimum Gasteiger partial charge on any atom is -0.481 e. The van der Waals surface area contributed by atoms with E-state index in [9.17, 15) is 14.4 Å². The van der Waals surface area contributed by atoms with Crippen LogP contribution in [-0.2, 0) is 20.8 Å². The van der Waals surface area contributed by atoms with Crippen molar-refractivity contribution in [3.05, 3.63) is 35.9 Å². The number of aliphatic carboxylic acids is 2. The Kier molecular flexibility index (Phi) is 6.35. The molecule has 2 atom stereocenters. The van der Waals surface area contributed by atoms with Gasteiger partial charge in [0.2, 0.25) is 5.91 Å². The van der Waals surface area contributed by atoms with Crippen LogP contribution in [0.2, 0.25) is 0 Å². The van der Waals surface area contributed by atoms with Crippen LogP contribution in [0.25, 0.3) is 0 Å². The molecule has 0 heterocycles. The number of hydrogen-bond donors (Lipinski definition) is 4. The number of carbonyl (C=O) groups excluding carboxylic acids is 1. The molecule has 21 heavy (non-hydrogen) atoms. The van der Waals surface area contributed by atoms with E-state index in [-0.39, 0.29) is 19.3 Å².